The topological polar surface area (TPSA) is 55.1 Å². The van der Waals surface area contributed by atoms with Crippen molar-refractivity contribution in [2.75, 3.05) is 16.8 Å². The molecule has 104 valence electrons. The largest absolute Gasteiger partial charge is 0.397 e. The van der Waals surface area contributed by atoms with Crippen molar-refractivity contribution >= 4 is 40.6 Å². The molecule has 0 atom stereocenters. The van der Waals surface area contributed by atoms with E-state index in [1.54, 1.807) is 6.07 Å². The number of anilines is 2. The molecule has 2 rings (SSSR count). The van der Waals surface area contributed by atoms with Crippen molar-refractivity contribution in [3.63, 3.8) is 0 Å². The fourth-order valence-corrected chi connectivity index (χ4v) is 2.58. The summed E-state index contributed by atoms with van der Waals surface area (Å²) in [5, 5.41) is 3.24. The Kier molecular flexibility index (Phi) is 4.87. The van der Waals surface area contributed by atoms with Crippen LogP contribution in [-0.2, 0) is 4.79 Å². The van der Waals surface area contributed by atoms with E-state index >= 15 is 0 Å². The molecule has 0 saturated carbocycles. The smallest absolute Gasteiger partial charge is 0.234 e. The summed E-state index contributed by atoms with van der Waals surface area (Å²) < 4.78 is 12.9. The number of hydrogen-bond donors (Lipinski definition) is 2. The Labute approximate surface area is 125 Å². The van der Waals surface area contributed by atoms with Gasteiger partial charge in [0.05, 0.1) is 22.2 Å². The third-order valence-electron chi connectivity index (χ3n) is 2.48. The number of nitrogen functional groups attached to an aromatic ring is 1. The van der Waals surface area contributed by atoms with Crippen LogP contribution >= 0.6 is 23.4 Å². The molecule has 3 N–H and O–H groups in total. The number of thioether (sulfide) groups is 1. The van der Waals surface area contributed by atoms with E-state index in [2.05, 4.69) is 5.32 Å². The van der Waals surface area contributed by atoms with Crippen molar-refractivity contribution < 1.29 is 9.18 Å². The van der Waals surface area contributed by atoms with Gasteiger partial charge in [0, 0.05) is 4.90 Å². The zero-order chi connectivity index (χ0) is 14.5. The second kappa shape index (κ2) is 6.63. The Bertz CT molecular complexity index is 636. The highest BCUT2D eigenvalue weighted by molar-refractivity contribution is 8.00. The Morgan fingerprint density at radius 2 is 2.05 bits per heavy atom. The zero-order valence-electron chi connectivity index (χ0n) is 10.4. The average Bonchev–Trinajstić information content (AvgIpc) is 2.41. The van der Waals surface area contributed by atoms with Crippen molar-refractivity contribution in [3.8, 4) is 0 Å². The number of benzene rings is 2. The van der Waals surface area contributed by atoms with E-state index in [9.17, 15) is 9.18 Å². The van der Waals surface area contributed by atoms with Gasteiger partial charge in [0.25, 0.3) is 0 Å². The first-order chi connectivity index (χ1) is 9.56. The highest BCUT2D eigenvalue weighted by Crippen LogP contribution is 2.27. The molecule has 0 fully saturated rings. The lowest BCUT2D eigenvalue weighted by molar-refractivity contribution is -0.113. The molecule has 0 aliphatic carbocycles. The number of carbonyl (C=O) groups is 1. The predicted molar refractivity (Wildman–Crippen MR) is 81.6 cm³/mol. The van der Waals surface area contributed by atoms with Gasteiger partial charge in [-0.25, -0.2) is 4.39 Å². The highest BCUT2D eigenvalue weighted by atomic mass is 35.5. The predicted octanol–water partition coefficient (Wildman–Crippen LogP) is 3.79. The lowest BCUT2D eigenvalue weighted by Crippen LogP contribution is -2.15. The Morgan fingerprint density at radius 1 is 1.30 bits per heavy atom. The van der Waals surface area contributed by atoms with Crippen LogP contribution in [0.5, 0.6) is 0 Å². The number of hydrogen-bond acceptors (Lipinski definition) is 3. The number of carbonyl (C=O) groups excluding carboxylic acids is 1. The van der Waals surface area contributed by atoms with Crippen LogP contribution in [0.2, 0.25) is 5.02 Å². The van der Waals surface area contributed by atoms with Gasteiger partial charge in [0.1, 0.15) is 5.82 Å². The van der Waals surface area contributed by atoms with E-state index in [0.717, 1.165) is 11.0 Å². The molecule has 0 aromatic heterocycles. The van der Waals surface area contributed by atoms with Gasteiger partial charge >= 0.3 is 0 Å². The van der Waals surface area contributed by atoms with Gasteiger partial charge in [-0.15, -0.1) is 11.8 Å². The fraction of sp³-hybridized carbons (Fsp3) is 0.0714. The lowest BCUT2D eigenvalue weighted by atomic mass is 10.2. The van der Waals surface area contributed by atoms with Crippen LogP contribution in [0.25, 0.3) is 0 Å². The van der Waals surface area contributed by atoms with Gasteiger partial charge in [-0.2, -0.15) is 0 Å². The van der Waals surface area contributed by atoms with Crippen molar-refractivity contribution in [3.05, 3.63) is 53.3 Å². The van der Waals surface area contributed by atoms with E-state index in [1.165, 1.54) is 23.9 Å². The quantitative estimate of drug-likeness (QED) is 0.667. The first-order valence-electron chi connectivity index (χ1n) is 5.78. The Morgan fingerprint density at radius 3 is 2.75 bits per heavy atom. The molecule has 0 spiro atoms. The molecule has 0 unspecified atom stereocenters. The van der Waals surface area contributed by atoms with Crippen molar-refractivity contribution in [2.45, 2.75) is 4.90 Å². The van der Waals surface area contributed by atoms with Crippen LogP contribution in [0.1, 0.15) is 0 Å². The number of rotatable bonds is 4. The number of amides is 1. The summed E-state index contributed by atoms with van der Waals surface area (Å²) in [6, 6.07) is 11.1. The summed E-state index contributed by atoms with van der Waals surface area (Å²) in [6.07, 6.45) is 0. The minimum Gasteiger partial charge on any atom is -0.397 e. The van der Waals surface area contributed by atoms with E-state index in [-0.39, 0.29) is 17.3 Å². The Balaban J connectivity index is 1.94. The SMILES string of the molecule is Nc1cc(F)ccc1NC(=O)CSc1ccccc1Cl. The van der Waals surface area contributed by atoms with Crippen LogP contribution in [0, 0.1) is 5.82 Å². The normalized spacial score (nSPS) is 10.3. The monoisotopic (exact) mass is 310 g/mol. The third-order valence-corrected chi connectivity index (χ3v) is 4.00. The maximum absolute atomic E-state index is 12.9. The van der Waals surface area contributed by atoms with Crippen LogP contribution in [0.4, 0.5) is 15.8 Å². The molecule has 3 nitrogen and oxygen atoms in total. The van der Waals surface area contributed by atoms with E-state index in [1.807, 2.05) is 18.2 Å². The van der Waals surface area contributed by atoms with Gasteiger partial charge in [-0.3, -0.25) is 4.79 Å². The molecule has 6 heteroatoms. The van der Waals surface area contributed by atoms with Crippen molar-refractivity contribution in [1.82, 2.24) is 0 Å². The van der Waals surface area contributed by atoms with Crippen LogP contribution in [0.15, 0.2) is 47.4 Å². The maximum Gasteiger partial charge on any atom is 0.234 e. The molecule has 0 aliphatic heterocycles. The van der Waals surface area contributed by atoms with Gasteiger partial charge in [-0.05, 0) is 30.3 Å². The van der Waals surface area contributed by atoms with E-state index in [4.69, 9.17) is 17.3 Å². The molecule has 0 saturated heterocycles. The minimum absolute atomic E-state index is 0.195. The molecule has 0 aliphatic rings. The van der Waals surface area contributed by atoms with Gasteiger partial charge < -0.3 is 11.1 Å². The summed E-state index contributed by atoms with van der Waals surface area (Å²) >= 11 is 7.32. The molecule has 2 aromatic rings. The first kappa shape index (κ1) is 14.7. The Hall–Kier alpha value is -1.72. The van der Waals surface area contributed by atoms with Gasteiger partial charge in [0.2, 0.25) is 5.91 Å². The second-order valence-electron chi connectivity index (χ2n) is 4.00. The molecule has 20 heavy (non-hydrogen) atoms. The molecular formula is C14H12ClFN2OS. The molecule has 0 heterocycles. The molecule has 0 radical (unpaired) electrons. The van der Waals surface area contributed by atoms with E-state index in [0.29, 0.717) is 10.7 Å². The summed E-state index contributed by atoms with van der Waals surface area (Å²) in [5.74, 6) is -0.472. The molecule has 2 aromatic carbocycles. The third kappa shape index (κ3) is 3.88. The maximum atomic E-state index is 12.9. The van der Waals surface area contributed by atoms with Gasteiger partial charge in [0.15, 0.2) is 0 Å². The van der Waals surface area contributed by atoms with Gasteiger partial charge in [-0.1, -0.05) is 23.7 Å². The highest BCUT2D eigenvalue weighted by Gasteiger charge is 2.08. The lowest BCUT2D eigenvalue weighted by Gasteiger charge is -2.08. The molecule has 0 bridgehead atoms. The molecule has 1 amide bonds. The van der Waals surface area contributed by atoms with E-state index < -0.39 is 5.82 Å². The fourth-order valence-electron chi connectivity index (χ4n) is 1.54. The summed E-state index contributed by atoms with van der Waals surface area (Å²) in [6.45, 7) is 0. The van der Waals surface area contributed by atoms with Crippen LogP contribution in [0.3, 0.4) is 0 Å². The summed E-state index contributed by atoms with van der Waals surface area (Å²) in [5.41, 5.74) is 6.21. The number of halogens is 2. The summed E-state index contributed by atoms with van der Waals surface area (Å²) in [7, 11) is 0. The average molecular weight is 311 g/mol. The molecular weight excluding hydrogens is 299 g/mol. The van der Waals surface area contributed by atoms with Crippen molar-refractivity contribution in [2.24, 2.45) is 0 Å². The first-order valence-corrected chi connectivity index (χ1v) is 7.15. The van der Waals surface area contributed by atoms with Crippen LogP contribution in [-0.4, -0.2) is 11.7 Å². The zero-order valence-corrected chi connectivity index (χ0v) is 12.0. The standard InChI is InChI=1S/C14H12ClFN2OS/c15-10-3-1-2-4-13(10)20-8-14(19)18-12-6-5-9(16)7-11(12)17/h1-7H,8,17H2,(H,18,19). The number of nitrogens with one attached hydrogen (secondary N) is 1. The van der Waals surface area contributed by atoms with Crippen LogP contribution < -0.4 is 11.1 Å². The second-order valence-corrected chi connectivity index (χ2v) is 5.42. The van der Waals surface area contributed by atoms with Crippen molar-refractivity contribution in [1.29, 1.82) is 0 Å². The minimum atomic E-state index is -0.439. The number of nitrogens with two attached hydrogens (primary N) is 1. The summed E-state index contributed by atoms with van der Waals surface area (Å²) in [4.78, 5) is 12.6.